The van der Waals surface area contributed by atoms with Crippen LogP contribution in [0.4, 0.5) is 0 Å². The number of aromatic amines is 1. The molecule has 19 heavy (non-hydrogen) atoms. The van der Waals surface area contributed by atoms with Gasteiger partial charge in [-0.15, -0.1) is 0 Å². The monoisotopic (exact) mass is 257 g/mol. The number of para-hydroxylation sites is 1. The second kappa shape index (κ2) is 3.62. The van der Waals surface area contributed by atoms with Gasteiger partial charge in [-0.1, -0.05) is 18.2 Å². The molecular weight excluding hydrogens is 238 g/mol. The minimum atomic E-state index is 0.0193. The van der Waals surface area contributed by atoms with Gasteiger partial charge in [-0.05, 0) is 31.4 Å². The third-order valence-corrected chi connectivity index (χ3v) is 5.24. The zero-order valence-corrected chi connectivity index (χ0v) is 11.2. The van der Waals surface area contributed by atoms with Crippen LogP contribution in [0.15, 0.2) is 24.3 Å². The Hall–Kier alpha value is -1.32. The van der Waals surface area contributed by atoms with Crippen LogP contribution in [-0.2, 0) is 10.2 Å². The number of aliphatic hydroxyl groups is 1. The Bertz CT molecular complexity index is 635. The number of hydrogen-bond donors (Lipinski definition) is 2. The molecule has 1 aromatic heterocycles. The van der Waals surface area contributed by atoms with Crippen LogP contribution in [0.3, 0.4) is 0 Å². The van der Waals surface area contributed by atoms with E-state index in [0.29, 0.717) is 0 Å². The molecule has 1 saturated heterocycles. The van der Waals surface area contributed by atoms with E-state index < -0.39 is 0 Å². The average molecular weight is 257 g/mol. The summed E-state index contributed by atoms with van der Waals surface area (Å²) in [7, 11) is 0. The fraction of sp³-hybridized carbons (Fsp3) is 0.500. The zero-order chi connectivity index (χ0) is 13.1. The van der Waals surface area contributed by atoms with E-state index in [1.54, 1.807) is 0 Å². The van der Waals surface area contributed by atoms with Gasteiger partial charge in [-0.3, -0.25) is 0 Å². The highest BCUT2D eigenvalue weighted by Crippen LogP contribution is 2.63. The second-order valence-corrected chi connectivity index (χ2v) is 6.18. The summed E-state index contributed by atoms with van der Waals surface area (Å²) >= 11 is 0. The molecule has 100 valence electrons. The van der Waals surface area contributed by atoms with Gasteiger partial charge in [0.25, 0.3) is 0 Å². The summed E-state index contributed by atoms with van der Waals surface area (Å²) in [5.74, 6) is 0. The maximum atomic E-state index is 9.85. The number of nitrogens with one attached hydrogen (secondary N) is 1. The van der Waals surface area contributed by atoms with E-state index in [9.17, 15) is 5.11 Å². The van der Waals surface area contributed by atoms with Gasteiger partial charge in [0.2, 0.25) is 0 Å². The summed E-state index contributed by atoms with van der Waals surface area (Å²) in [6.07, 6.45) is 2.23. The topological polar surface area (TPSA) is 45.2 Å². The number of H-pyrrole nitrogens is 1. The van der Waals surface area contributed by atoms with Crippen LogP contribution >= 0.6 is 0 Å². The van der Waals surface area contributed by atoms with Crippen LogP contribution in [0.5, 0.6) is 0 Å². The lowest BCUT2D eigenvalue weighted by Gasteiger charge is -2.48. The maximum Gasteiger partial charge on any atom is 0.0592 e. The first-order valence-corrected chi connectivity index (χ1v) is 6.99. The van der Waals surface area contributed by atoms with Crippen LogP contribution in [0.25, 0.3) is 10.9 Å². The van der Waals surface area contributed by atoms with Crippen LogP contribution in [-0.4, -0.2) is 29.9 Å². The molecule has 1 saturated carbocycles. The summed E-state index contributed by atoms with van der Waals surface area (Å²) in [5.41, 5.74) is 3.87. The SMILES string of the molecule is Cc1[nH]c2ccccc2c1C1(C2(CO)CC2)COC1. The molecule has 3 nitrogen and oxygen atoms in total. The lowest BCUT2D eigenvalue weighted by molar-refractivity contribution is -0.109. The van der Waals surface area contributed by atoms with Gasteiger partial charge < -0.3 is 14.8 Å². The molecule has 0 spiro atoms. The molecule has 4 rings (SSSR count). The van der Waals surface area contributed by atoms with Crippen LogP contribution < -0.4 is 0 Å². The predicted molar refractivity (Wildman–Crippen MR) is 74.3 cm³/mol. The molecule has 1 aliphatic carbocycles. The molecule has 0 radical (unpaired) electrons. The van der Waals surface area contributed by atoms with Gasteiger partial charge in [-0.25, -0.2) is 0 Å². The van der Waals surface area contributed by atoms with Crippen LogP contribution in [0.1, 0.15) is 24.1 Å². The van der Waals surface area contributed by atoms with Crippen molar-refractivity contribution in [3.8, 4) is 0 Å². The first-order valence-electron chi connectivity index (χ1n) is 6.99. The summed E-state index contributed by atoms with van der Waals surface area (Å²) in [5, 5.41) is 11.1. The molecule has 2 aliphatic rings. The second-order valence-electron chi connectivity index (χ2n) is 6.18. The molecule has 2 heterocycles. The first-order chi connectivity index (χ1) is 9.22. The van der Waals surface area contributed by atoms with Gasteiger partial charge in [-0.2, -0.15) is 0 Å². The number of ether oxygens (including phenoxy) is 1. The Morgan fingerprint density at radius 3 is 2.58 bits per heavy atom. The van der Waals surface area contributed by atoms with E-state index in [1.165, 1.54) is 22.2 Å². The molecule has 0 amide bonds. The zero-order valence-electron chi connectivity index (χ0n) is 11.2. The van der Waals surface area contributed by atoms with Crippen LogP contribution in [0.2, 0.25) is 0 Å². The van der Waals surface area contributed by atoms with Crippen molar-refractivity contribution in [2.45, 2.75) is 25.2 Å². The Labute approximate surface area is 112 Å². The van der Waals surface area contributed by atoms with Gasteiger partial charge >= 0.3 is 0 Å². The molecule has 3 heteroatoms. The lowest BCUT2D eigenvalue weighted by Crippen LogP contribution is -2.55. The van der Waals surface area contributed by atoms with Crippen molar-refractivity contribution in [2.75, 3.05) is 19.8 Å². The highest BCUT2D eigenvalue weighted by Gasteiger charge is 2.64. The maximum absolute atomic E-state index is 9.85. The van der Waals surface area contributed by atoms with E-state index in [1.807, 2.05) is 0 Å². The standard InChI is InChI=1S/C16H19NO2/c1-11-14(12-4-2-3-5-13(12)17-11)16(9-19-10-16)15(8-18)6-7-15/h2-5,17-18H,6-10H2,1H3. The van der Waals surface area contributed by atoms with E-state index in [2.05, 4.69) is 36.2 Å². The Kier molecular flexibility index (Phi) is 2.19. The fourth-order valence-corrected chi connectivity index (χ4v) is 3.85. The molecule has 2 N–H and O–H groups in total. The van der Waals surface area contributed by atoms with E-state index in [-0.39, 0.29) is 17.4 Å². The van der Waals surface area contributed by atoms with Gasteiger partial charge in [0, 0.05) is 28.6 Å². The van der Waals surface area contributed by atoms with Gasteiger partial charge in [0.1, 0.15) is 0 Å². The number of hydrogen-bond acceptors (Lipinski definition) is 2. The van der Waals surface area contributed by atoms with E-state index >= 15 is 0 Å². The molecule has 2 fully saturated rings. The largest absolute Gasteiger partial charge is 0.396 e. The summed E-state index contributed by atoms with van der Waals surface area (Å²) in [4.78, 5) is 3.49. The molecule has 1 aliphatic heterocycles. The average Bonchev–Trinajstić information content (AvgIpc) is 3.09. The van der Waals surface area contributed by atoms with Crippen molar-refractivity contribution in [1.29, 1.82) is 0 Å². The Balaban J connectivity index is 1.96. The summed E-state index contributed by atoms with van der Waals surface area (Å²) < 4.78 is 5.57. The van der Waals surface area contributed by atoms with Crippen molar-refractivity contribution in [1.82, 2.24) is 4.98 Å². The highest BCUT2D eigenvalue weighted by atomic mass is 16.5. The van der Waals surface area contributed by atoms with Gasteiger partial charge in [0.05, 0.1) is 18.6 Å². The molecule has 0 atom stereocenters. The molecule has 2 aromatic rings. The predicted octanol–water partition coefficient (Wildman–Crippen LogP) is 2.52. The van der Waals surface area contributed by atoms with Crippen molar-refractivity contribution in [2.24, 2.45) is 5.41 Å². The smallest absolute Gasteiger partial charge is 0.0592 e. The van der Waals surface area contributed by atoms with E-state index in [0.717, 1.165) is 26.1 Å². The number of aliphatic hydroxyl groups excluding tert-OH is 1. The lowest BCUT2D eigenvalue weighted by atomic mass is 9.65. The number of aryl methyl sites for hydroxylation is 1. The quantitative estimate of drug-likeness (QED) is 0.887. The minimum Gasteiger partial charge on any atom is -0.396 e. The van der Waals surface area contributed by atoms with Crippen molar-refractivity contribution in [3.63, 3.8) is 0 Å². The number of benzene rings is 1. The molecule has 0 unspecified atom stereocenters. The van der Waals surface area contributed by atoms with Crippen LogP contribution in [0, 0.1) is 12.3 Å². The Morgan fingerprint density at radius 1 is 1.26 bits per heavy atom. The fourth-order valence-electron chi connectivity index (χ4n) is 3.85. The number of fused-ring (bicyclic) bond motifs is 1. The first kappa shape index (κ1) is 11.5. The third-order valence-electron chi connectivity index (χ3n) is 5.24. The number of rotatable bonds is 3. The van der Waals surface area contributed by atoms with Crippen molar-refractivity contribution in [3.05, 3.63) is 35.5 Å². The highest BCUT2D eigenvalue weighted by molar-refractivity contribution is 5.86. The summed E-state index contributed by atoms with van der Waals surface area (Å²) in [6, 6.07) is 8.45. The van der Waals surface area contributed by atoms with Gasteiger partial charge in [0.15, 0.2) is 0 Å². The van der Waals surface area contributed by atoms with E-state index in [4.69, 9.17) is 4.74 Å². The molecular formula is C16H19NO2. The molecule has 0 bridgehead atoms. The normalized spacial score (nSPS) is 23.3. The van der Waals surface area contributed by atoms with Crippen molar-refractivity contribution < 1.29 is 9.84 Å². The minimum absolute atomic E-state index is 0.0193. The number of aromatic nitrogens is 1. The molecule has 1 aromatic carbocycles. The van der Waals surface area contributed by atoms with Crippen molar-refractivity contribution >= 4 is 10.9 Å². The Morgan fingerprint density at radius 2 is 2.00 bits per heavy atom. The third kappa shape index (κ3) is 1.30. The summed E-state index contributed by atoms with van der Waals surface area (Å²) in [6.45, 7) is 3.91.